The van der Waals surface area contributed by atoms with E-state index in [9.17, 15) is 9.59 Å². The van der Waals surface area contributed by atoms with Gasteiger partial charge >= 0.3 is 0 Å². The summed E-state index contributed by atoms with van der Waals surface area (Å²) in [4.78, 5) is 24.9. The van der Waals surface area contributed by atoms with Crippen LogP contribution in [0.4, 0.5) is 0 Å². The van der Waals surface area contributed by atoms with E-state index < -0.39 is 6.04 Å². The van der Waals surface area contributed by atoms with E-state index in [2.05, 4.69) is 20.8 Å². The van der Waals surface area contributed by atoms with Gasteiger partial charge in [0.1, 0.15) is 11.9 Å². The zero-order valence-electron chi connectivity index (χ0n) is 15.4. The first-order chi connectivity index (χ1) is 13.1. The monoisotopic (exact) mass is 365 g/mol. The highest BCUT2D eigenvalue weighted by molar-refractivity contribution is 5.97. The highest BCUT2D eigenvalue weighted by atomic mass is 16.2. The van der Waals surface area contributed by atoms with Crippen molar-refractivity contribution in [1.82, 2.24) is 25.2 Å². The maximum Gasteiger partial charge on any atom is 0.251 e. The van der Waals surface area contributed by atoms with Crippen molar-refractivity contribution in [1.29, 1.82) is 0 Å². The predicted molar refractivity (Wildman–Crippen MR) is 102 cm³/mol. The summed E-state index contributed by atoms with van der Waals surface area (Å²) in [5.41, 5.74) is 1.31. The van der Waals surface area contributed by atoms with Gasteiger partial charge in [-0.1, -0.05) is 38.1 Å². The van der Waals surface area contributed by atoms with E-state index in [1.807, 2.05) is 48.7 Å². The average Bonchev–Trinajstić information content (AvgIpc) is 3.09. The minimum absolute atomic E-state index is 0.0356. The van der Waals surface area contributed by atoms with Gasteiger partial charge in [-0.15, -0.1) is 10.2 Å². The second-order valence-electron chi connectivity index (χ2n) is 6.65. The van der Waals surface area contributed by atoms with Crippen molar-refractivity contribution in [3.05, 3.63) is 66.1 Å². The van der Waals surface area contributed by atoms with E-state index in [1.165, 1.54) is 0 Å². The number of aromatic nitrogens is 3. The largest absolute Gasteiger partial charge is 0.354 e. The first-order valence-electron chi connectivity index (χ1n) is 8.98. The van der Waals surface area contributed by atoms with Crippen molar-refractivity contribution < 1.29 is 9.59 Å². The third kappa shape index (κ3) is 4.49. The smallest absolute Gasteiger partial charge is 0.251 e. The molecule has 0 spiro atoms. The maximum atomic E-state index is 12.6. The van der Waals surface area contributed by atoms with Gasteiger partial charge in [0.15, 0.2) is 5.65 Å². The Morgan fingerprint density at radius 1 is 1.04 bits per heavy atom. The van der Waals surface area contributed by atoms with Crippen LogP contribution >= 0.6 is 0 Å². The molecule has 7 heteroatoms. The number of benzene rings is 1. The van der Waals surface area contributed by atoms with Gasteiger partial charge in [-0.2, -0.15) is 0 Å². The number of carbonyl (C=O) groups is 2. The number of rotatable bonds is 7. The topological polar surface area (TPSA) is 88.4 Å². The van der Waals surface area contributed by atoms with E-state index >= 15 is 0 Å². The summed E-state index contributed by atoms with van der Waals surface area (Å²) in [6, 6.07) is 14.0. The first kappa shape index (κ1) is 18.6. The van der Waals surface area contributed by atoms with Crippen LogP contribution < -0.4 is 10.6 Å². The Hall–Kier alpha value is -3.22. The molecule has 3 aromatic rings. The molecular formula is C20H23N5O2. The number of amides is 2. The van der Waals surface area contributed by atoms with Crippen LogP contribution in [0, 0.1) is 5.92 Å². The molecule has 1 aromatic carbocycles. The Morgan fingerprint density at radius 3 is 2.52 bits per heavy atom. The van der Waals surface area contributed by atoms with E-state index in [4.69, 9.17) is 0 Å². The zero-order valence-corrected chi connectivity index (χ0v) is 15.4. The predicted octanol–water partition coefficient (Wildman–Crippen LogP) is 1.84. The van der Waals surface area contributed by atoms with Crippen molar-refractivity contribution in [2.45, 2.75) is 26.3 Å². The lowest BCUT2D eigenvalue weighted by atomic mass is 10.0. The Kier molecular flexibility index (Phi) is 5.80. The molecule has 0 aliphatic heterocycles. The third-order valence-corrected chi connectivity index (χ3v) is 4.30. The lowest BCUT2D eigenvalue weighted by Gasteiger charge is -2.21. The van der Waals surface area contributed by atoms with Gasteiger partial charge in [0.05, 0.1) is 0 Å². The summed E-state index contributed by atoms with van der Waals surface area (Å²) in [6.45, 7) is 4.22. The number of pyridine rings is 1. The average molecular weight is 365 g/mol. The molecular weight excluding hydrogens is 342 g/mol. The minimum atomic E-state index is -0.604. The number of hydrogen-bond donors (Lipinski definition) is 2. The molecule has 0 radical (unpaired) electrons. The normalized spacial score (nSPS) is 12.1. The number of hydrogen-bond acceptors (Lipinski definition) is 4. The number of nitrogens with zero attached hydrogens (tertiary/aromatic N) is 3. The molecule has 0 saturated heterocycles. The molecule has 2 N–H and O–H groups in total. The Bertz CT molecular complexity index is 920. The summed E-state index contributed by atoms with van der Waals surface area (Å²) in [5.74, 6) is 0.280. The van der Waals surface area contributed by atoms with Crippen LogP contribution in [0.15, 0.2) is 54.7 Å². The molecule has 2 heterocycles. The maximum absolute atomic E-state index is 12.6. The van der Waals surface area contributed by atoms with Crippen LogP contribution in [0.5, 0.6) is 0 Å². The van der Waals surface area contributed by atoms with Gasteiger partial charge in [0.25, 0.3) is 5.91 Å². The first-order valence-corrected chi connectivity index (χ1v) is 8.98. The van der Waals surface area contributed by atoms with Gasteiger partial charge in [-0.3, -0.25) is 14.0 Å². The second kappa shape index (κ2) is 8.44. The van der Waals surface area contributed by atoms with Crippen LogP contribution in [-0.4, -0.2) is 39.0 Å². The Balaban J connectivity index is 1.58. The van der Waals surface area contributed by atoms with E-state index in [1.54, 1.807) is 24.3 Å². The van der Waals surface area contributed by atoms with E-state index in [-0.39, 0.29) is 17.7 Å². The minimum Gasteiger partial charge on any atom is -0.354 e. The highest BCUT2D eigenvalue weighted by Gasteiger charge is 2.24. The summed E-state index contributed by atoms with van der Waals surface area (Å²) < 4.78 is 1.89. The van der Waals surface area contributed by atoms with Crippen molar-refractivity contribution >= 4 is 17.5 Å². The molecule has 27 heavy (non-hydrogen) atoms. The van der Waals surface area contributed by atoms with E-state index in [0.29, 0.717) is 18.5 Å². The van der Waals surface area contributed by atoms with Gasteiger partial charge in [-0.25, -0.2) is 0 Å². The number of carbonyl (C=O) groups excluding carboxylic acids is 2. The van der Waals surface area contributed by atoms with Gasteiger partial charge < -0.3 is 10.6 Å². The molecule has 3 rings (SSSR count). The molecule has 0 saturated carbocycles. The molecule has 0 fully saturated rings. The molecule has 0 aliphatic rings. The summed E-state index contributed by atoms with van der Waals surface area (Å²) in [5, 5.41) is 14.0. The SMILES string of the molecule is CC(C)[C@H](NC(=O)c1ccccc1)C(=O)NCCc1nnc2ccccn12. The van der Waals surface area contributed by atoms with Gasteiger partial charge in [-0.05, 0) is 30.2 Å². The van der Waals surface area contributed by atoms with Gasteiger partial charge in [0.2, 0.25) is 5.91 Å². The quantitative estimate of drug-likeness (QED) is 0.669. The lowest BCUT2D eigenvalue weighted by Crippen LogP contribution is -2.50. The summed E-state index contributed by atoms with van der Waals surface area (Å²) in [7, 11) is 0. The van der Waals surface area contributed by atoms with Crippen LogP contribution in [0.3, 0.4) is 0 Å². The molecule has 140 valence electrons. The molecule has 7 nitrogen and oxygen atoms in total. The van der Waals surface area contributed by atoms with Crippen molar-refractivity contribution in [3.63, 3.8) is 0 Å². The standard InChI is InChI=1S/C20H23N5O2/c1-14(2)18(22-19(26)15-8-4-3-5-9-15)20(27)21-12-11-17-24-23-16-10-6-7-13-25(16)17/h3-10,13-14,18H,11-12H2,1-2H3,(H,21,27)(H,22,26)/t18-/m0/s1. The van der Waals surface area contributed by atoms with Crippen molar-refractivity contribution in [2.75, 3.05) is 6.54 Å². The zero-order chi connectivity index (χ0) is 19.2. The molecule has 0 unspecified atom stereocenters. The molecule has 0 aliphatic carbocycles. The fraction of sp³-hybridized carbons (Fsp3) is 0.300. The number of fused-ring (bicyclic) bond motifs is 1. The Labute approximate surface area is 157 Å². The van der Waals surface area contributed by atoms with Crippen molar-refractivity contribution in [2.24, 2.45) is 5.92 Å². The second-order valence-corrected chi connectivity index (χ2v) is 6.65. The van der Waals surface area contributed by atoms with Crippen LogP contribution in [0.2, 0.25) is 0 Å². The molecule has 0 bridgehead atoms. The van der Waals surface area contributed by atoms with E-state index in [0.717, 1.165) is 11.5 Å². The van der Waals surface area contributed by atoms with Crippen LogP contribution in [0.1, 0.15) is 30.0 Å². The summed E-state index contributed by atoms with van der Waals surface area (Å²) in [6.07, 6.45) is 2.44. The summed E-state index contributed by atoms with van der Waals surface area (Å²) >= 11 is 0. The molecule has 2 amide bonds. The fourth-order valence-electron chi connectivity index (χ4n) is 2.82. The van der Waals surface area contributed by atoms with Crippen LogP contribution in [0.25, 0.3) is 5.65 Å². The number of nitrogens with one attached hydrogen (secondary N) is 2. The lowest BCUT2D eigenvalue weighted by molar-refractivity contribution is -0.123. The highest BCUT2D eigenvalue weighted by Crippen LogP contribution is 2.06. The third-order valence-electron chi connectivity index (χ3n) is 4.30. The van der Waals surface area contributed by atoms with Gasteiger partial charge in [0, 0.05) is 24.7 Å². The fourth-order valence-corrected chi connectivity index (χ4v) is 2.82. The molecule has 1 atom stereocenters. The van der Waals surface area contributed by atoms with Crippen LogP contribution in [-0.2, 0) is 11.2 Å². The Morgan fingerprint density at radius 2 is 1.78 bits per heavy atom. The van der Waals surface area contributed by atoms with Crippen molar-refractivity contribution in [3.8, 4) is 0 Å². The molecule has 2 aromatic heterocycles.